The molecule has 21 heteroatoms. The van der Waals surface area contributed by atoms with E-state index in [-0.39, 0.29) is 67.2 Å². The number of nitrogens with one attached hydrogen (secondary N) is 3. The molecule has 1 aliphatic heterocycles. The van der Waals surface area contributed by atoms with Crippen LogP contribution in [0.25, 0.3) is 0 Å². The maximum atomic E-state index is 16.0. The van der Waals surface area contributed by atoms with Crippen molar-refractivity contribution in [1.29, 1.82) is 10.5 Å². The monoisotopic (exact) mass is 1160 g/mol. The number of alkyl halides is 3. The zero-order valence-electron chi connectivity index (χ0n) is 45.0. The molecular weight excluding hydrogens is 1100 g/mol. The molecule has 80 heavy (non-hydrogen) atoms. The molecule has 0 bridgehead atoms. The third-order valence-corrected chi connectivity index (χ3v) is 14.1. The zero-order chi connectivity index (χ0) is 58.5. The molecule has 0 radical (unpaired) electrons. The second kappa shape index (κ2) is 27.5. The van der Waals surface area contributed by atoms with E-state index in [4.69, 9.17) is 49.6 Å². The molecule has 1 saturated heterocycles. The average Bonchev–Trinajstić information content (AvgIpc) is 3.74. The number of thiocarbonyl (C=S) groups is 1. The first kappa shape index (κ1) is 62.3. The minimum absolute atomic E-state index is 0.0122. The molecule has 3 amide bonds. The van der Waals surface area contributed by atoms with Crippen LogP contribution in [0.1, 0.15) is 112 Å². The zero-order valence-corrected chi connectivity index (χ0v) is 47.4. The van der Waals surface area contributed by atoms with Crippen LogP contribution in [0.5, 0.6) is 11.5 Å². The topological polar surface area (TPSA) is 169 Å². The Balaban J connectivity index is 0.971. The van der Waals surface area contributed by atoms with Crippen LogP contribution in [0.2, 0.25) is 10.0 Å². The molecule has 0 aromatic heterocycles. The van der Waals surface area contributed by atoms with E-state index in [9.17, 15) is 38.1 Å². The van der Waals surface area contributed by atoms with Gasteiger partial charge in [0.2, 0.25) is 5.91 Å². The summed E-state index contributed by atoms with van der Waals surface area (Å²) in [5.41, 5.74) is -2.13. The molecule has 1 fully saturated rings. The van der Waals surface area contributed by atoms with E-state index in [1.54, 1.807) is 55.1 Å². The number of hydrogen-bond acceptors (Lipinski definition) is 10. The SMILES string of the molecule is COc1cc(C(=O)NCCCOCCCCCOc2ccc(N3C(=S)N(c4ccc(C#N)c(C(F)(F)F)c4)C(=O)C3(C)C)cc2)ccc1NC(=O)[C@H](NC(CC#N)CC(C)(C)C)C(Cc1ccc(Cl)cc1F)c1cccc(Cl)c1F. The van der Waals surface area contributed by atoms with Gasteiger partial charge in [-0.05, 0) is 160 Å². The second-order valence-electron chi connectivity index (χ2n) is 20.8. The van der Waals surface area contributed by atoms with Crippen molar-refractivity contribution in [3.8, 4) is 23.6 Å². The van der Waals surface area contributed by atoms with Gasteiger partial charge < -0.3 is 35.1 Å². The van der Waals surface area contributed by atoms with Gasteiger partial charge in [-0.2, -0.15) is 23.7 Å². The first-order valence-electron chi connectivity index (χ1n) is 25.8. The van der Waals surface area contributed by atoms with Crippen LogP contribution in [0, 0.1) is 39.7 Å². The number of benzene rings is 5. The summed E-state index contributed by atoms with van der Waals surface area (Å²) in [6.45, 7) is 10.8. The summed E-state index contributed by atoms with van der Waals surface area (Å²) in [5.74, 6) is -3.31. The molecule has 5 aromatic rings. The summed E-state index contributed by atoms with van der Waals surface area (Å²) in [6.07, 6.45) is -1.65. The molecule has 0 saturated carbocycles. The quantitative estimate of drug-likeness (QED) is 0.0289. The highest BCUT2D eigenvalue weighted by atomic mass is 35.5. The number of anilines is 3. The summed E-state index contributed by atoms with van der Waals surface area (Å²) < 4.78 is 90.0. The van der Waals surface area contributed by atoms with Crippen molar-refractivity contribution in [3.63, 3.8) is 0 Å². The van der Waals surface area contributed by atoms with E-state index in [1.807, 2.05) is 20.8 Å². The highest BCUT2D eigenvalue weighted by Crippen LogP contribution is 2.41. The number of methoxy groups -OCH3 is 1. The number of rotatable bonds is 25. The summed E-state index contributed by atoms with van der Waals surface area (Å²) in [5, 5.41) is 28.1. The van der Waals surface area contributed by atoms with Gasteiger partial charge in [-0.25, -0.2) is 8.78 Å². The van der Waals surface area contributed by atoms with Gasteiger partial charge in [-0.15, -0.1) is 0 Å². The lowest BCUT2D eigenvalue weighted by molar-refractivity contribution is -0.137. The molecule has 13 nitrogen and oxygen atoms in total. The van der Waals surface area contributed by atoms with Crippen LogP contribution in [0.15, 0.2) is 97.1 Å². The van der Waals surface area contributed by atoms with Gasteiger partial charge in [0.25, 0.3) is 11.8 Å². The van der Waals surface area contributed by atoms with Crippen molar-refractivity contribution in [1.82, 2.24) is 10.6 Å². The lowest BCUT2D eigenvalue weighted by Gasteiger charge is -2.34. The van der Waals surface area contributed by atoms with Crippen molar-refractivity contribution < 1.29 is 50.5 Å². The smallest absolute Gasteiger partial charge is 0.417 e. The molecule has 2 unspecified atom stereocenters. The fraction of sp³-hybridized carbons (Fsp3) is 0.390. The number of unbranched alkanes of at least 4 members (excludes halogenated alkanes) is 2. The molecule has 424 valence electrons. The van der Waals surface area contributed by atoms with Crippen molar-refractivity contribution in [2.75, 3.05) is 48.6 Å². The molecule has 0 spiro atoms. The van der Waals surface area contributed by atoms with E-state index in [1.165, 1.54) is 55.6 Å². The predicted octanol–water partition coefficient (Wildman–Crippen LogP) is 13.1. The van der Waals surface area contributed by atoms with Gasteiger partial charge in [0.05, 0.1) is 65.8 Å². The number of halogens is 7. The van der Waals surface area contributed by atoms with E-state index in [0.29, 0.717) is 50.6 Å². The summed E-state index contributed by atoms with van der Waals surface area (Å²) in [7, 11) is 1.38. The van der Waals surface area contributed by atoms with Crippen LogP contribution in [0.3, 0.4) is 0 Å². The fourth-order valence-electron chi connectivity index (χ4n) is 9.36. The van der Waals surface area contributed by atoms with Crippen molar-refractivity contribution in [2.45, 2.75) is 109 Å². The van der Waals surface area contributed by atoms with Gasteiger partial charge in [0.1, 0.15) is 28.7 Å². The number of nitriles is 2. The Labute approximate surface area is 478 Å². The van der Waals surface area contributed by atoms with Gasteiger partial charge in [0, 0.05) is 48.0 Å². The van der Waals surface area contributed by atoms with E-state index >= 15 is 8.78 Å². The highest BCUT2D eigenvalue weighted by molar-refractivity contribution is 7.81. The Morgan fingerprint density at radius 1 is 0.863 bits per heavy atom. The summed E-state index contributed by atoms with van der Waals surface area (Å²) >= 11 is 18.0. The number of carbonyl (C=O) groups excluding carboxylic acids is 3. The number of amides is 3. The molecule has 3 atom stereocenters. The molecule has 1 heterocycles. The van der Waals surface area contributed by atoms with E-state index < -0.39 is 70.2 Å². The number of ether oxygens (including phenoxy) is 3. The molecule has 0 aliphatic carbocycles. The minimum Gasteiger partial charge on any atom is -0.495 e. The second-order valence-corrected chi connectivity index (χ2v) is 22.1. The summed E-state index contributed by atoms with van der Waals surface area (Å²) in [4.78, 5) is 44.1. The fourth-order valence-corrected chi connectivity index (χ4v) is 10.2. The Bertz CT molecular complexity index is 3130. The maximum absolute atomic E-state index is 16.0. The number of hydrogen-bond donors (Lipinski definition) is 3. The highest BCUT2D eigenvalue weighted by Gasteiger charge is 2.51. The van der Waals surface area contributed by atoms with Crippen molar-refractivity contribution >= 4 is 75.3 Å². The average molecular weight is 1160 g/mol. The normalized spacial score (nSPS) is 14.5. The third-order valence-electron chi connectivity index (χ3n) is 13.3. The van der Waals surface area contributed by atoms with Crippen LogP contribution >= 0.6 is 35.4 Å². The Hall–Kier alpha value is -6.87. The van der Waals surface area contributed by atoms with Crippen LogP contribution in [-0.2, 0) is 26.9 Å². The van der Waals surface area contributed by atoms with Gasteiger partial charge in [-0.3, -0.25) is 19.3 Å². The van der Waals surface area contributed by atoms with Crippen molar-refractivity contribution in [2.24, 2.45) is 5.41 Å². The predicted molar refractivity (Wildman–Crippen MR) is 302 cm³/mol. The summed E-state index contributed by atoms with van der Waals surface area (Å²) in [6, 6.07) is 24.9. The Morgan fingerprint density at radius 3 is 2.23 bits per heavy atom. The first-order chi connectivity index (χ1) is 37.9. The third kappa shape index (κ3) is 15.9. The molecule has 1 aliphatic rings. The van der Waals surface area contributed by atoms with Crippen LogP contribution in [-0.4, -0.2) is 73.9 Å². The van der Waals surface area contributed by atoms with E-state index in [2.05, 4.69) is 22.0 Å². The first-order valence-corrected chi connectivity index (χ1v) is 26.9. The largest absolute Gasteiger partial charge is 0.495 e. The van der Waals surface area contributed by atoms with E-state index in [0.717, 1.165) is 42.4 Å². The number of nitrogens with zero attached hydrogens (tertiary/aromatic N) is 4. The molecule has 5 aromatic carbocycles. The Kier molecular flexibility index (Phi) is 21.5. The Morgan fingerprint density at radius 2 is 1.56 bits per heavy atom. The van der Waals surface area contributed by atoms with Gasteiger partial charge >= 0.3 is 6.18 Å². The van der Waals surface area contributed by atoms with Gasteiger partial charge in [0.15, 0.2) is 5.11 Å². The maximum Gasteiger partial charge on any atom is 0.417 e. The minimum atomic E-state index is -4.81. The van der Waals surface area contributed by atoms with Crippen LogP contribution < -0.4 is 35.2 Å². The standard InChI is InChI=1S/C59H62Cl2F5N7O6S/c1-57(2,3)34-40(24-25-67)70-52(45(44-12-10-13-47(61)51(44)63)30-36-14-17-39(60)32-48(36)62)54(75)71-49-23-16-37(31-50(49)77-6)53(74)69-26-11-28-78-27-8-7-9-29-79-43-21-19-41(20-22-43)73-56(80)72(55(76)58(73,4)5)42-18-15-38(35-68)46(33-42)59(64,65)66/h10,12-23,31-33,40,45,52,70H,7-9,11,24,26-30,34H2,1-6H3,(H,69,74)(H,71,75)/t40?,45?,52-/m1/s1. The lowest BCUT2D eigenvalue weighted by Crippen LogP contribution is -2.51. The molecule has 3 N–H and O–H groups in total. The lowest BCUT2D eigenvalue weighted by atomic mass is 9.82. The number of carbonyl (C=O) groups is 3. The molecule has 6 rings (SSSR count). The van der Waals surface area contributed by atoms with Crippen molar-refractivity contribution in [3.05, 3.63) is 147 Å². The van der Waals surface area contributed by atoms with Gasteiger partial charge in [-0.1, -0.05) is 62.2 Å². The molecular formula is C59H62Cl2F5N7O6S. The van der Waals surface area contributed by atoms with Crippen LogP contribution in [0.4, 0.5) is 39.0 Å².